The van der Waals surface area contributed by atoms with Crippen molar-refractivity contribution in [3.63, 3.8) is 0 Å². The third-order valence-corrected chi connectivity index (χ3v) is 4.26. The van der Waals surface area contributed by atoms with Crippen LogP contribution in [0.1, 0.15) is 29.8 Å². The molecule has 2 atom stereocenters. The van der Waals surface area contributed by atoms with Crippen LogP contribution in [0.2, 0.25) is 0 Å². The maximum atomic E-state index is 5.89. The van der Waals surface area contributed by atoms with Crippen molar-refractivity contribution in [2.24, 2.45) is 5.84 Å². The highest BCUT2D eigenvalue weighted by Crippen LogP contribution is 2.25. The minimum atomic E-state index is 0.0922. The highest BCUT2D eigenvalue weighted by atomic mass is 32.1. The van der Waals surface area contributed by atoms with Crippen molar-refractivity contribution in [1.29, 1.82) is 0 Å². The van der Waals surface area contributed by atoms with E-state index >= 15 is 0 Å². The topological polar surface area (TPSA) is 50.5 Å². The lowest BCUT2D eigenvalue weighted by Crippen LogP contribution is -2.49. The Morgan fingerprint density at radius 2 is 2.50 bits per heavy atom. The molecule has 5 heteroatoms. The van der Waals surface area contributed by atoms with Crippen LogP contribution in [0.15, 0.2) is 11.4 Å². The summed E-state index contributed by atoms with van der Waals surface area (Å²) in [5, 5.41) is 2.17. The van der Waals surface area contributed by atoms with E-state index in [1.54, 1.807) is 11.3 Å². The van der Waals surface area contributed by atoms with E-state index in [9.17, 15) is 0 Å². The zero-order valence-electron chi connectivity index (χ0n) is 11.2. The maximum Gasteiger partial charge on any atom is 0.0910 e. The second-order valence-electron chi connectivity index (χ2n) is 4.84. The van der Waals surface area contributed by atoms with E-state index < -0.39 is 0 Å². The lowest BCUT2D eigenvalue weighted by atomic mass is 10.0. The Labute approximate surface area is 113 Å². The van der Waals surface area contributed by atoms with Gasteiger partial charge in [0, 0.05) is 18.0 Å². The molecular weight excluding hydrogens is 246 g/mol. The minimum absolute atomic E-state index is 0.0922. The van der Waals surface area contributed by atoms with E-state index in [-0.39, 0.29) is 12.1 Å². The largest absolute Gasteiger partial charge is 0.374 e. The second kappa shape index (κ2) is 6.63. The van der Waals surface area contributed by atoms with Crippen LogP contribution < -0.4 is 11.3 Å². The van der Waals surface area contributed by atoms with Gasteiger partial charge < -0.3 is 4.74 Å². The fourth-order valence-corrected chi connectivity index (χ4v) is 3.24. The Kier molecular flexibility index (Phi) is 5.14. The van der Waals surface area contributed by atoms with Crippen molar-refractivity contribution < 1.29 is 4.74 Å². The number of nitrogens with zero attached hydrogens (tertiary/aromatic N) is 1. The number of ether oxygens (including phenoxy) is 1. The summed E-state index contributed by atoms with van der Waals surface area (Å²) in [4.78, 5) is 3.77. The van der Waals surface area contributed by atoms with Crippen molar-refractivity contribution in [3.8, 4) is 0 Å². The molecule has 1 aliphatic heterocycles. The smallest absolute Gasteiger partial charge is 0.0910 e. The second-order valence-corrected chi connectivity index (χ2v) is 5.96. The summed E-state index contributed by atoms with van der Waals surface area (Å²) in [5.74, 6) is 5.72. The molecular formula is C13H23N3OS. The molecule has 1 aliphatic rings. The summed E-state index contributed by atoms with van der Waals surface area (Å²) < 4.78 is 5.89. The summed E-state index contributed by atoms with van der Waals surface area (Å²) in [6.07, 6.45) is 1.33. The molecule has 18 heavy (non-hydrogen) atoms. The van der Waals surface area contributed by atoms with Gasteiger partial charge in [-0.3, -0.25) is 16.2 Å². The van der Waals surface area contributed by atoms with E-state index in [2.05, 4.69) is 35.6 Å². The summed E-state index contributed by atoms with van der Waals surface area (Å²) in [5.41, 5.74) is 4.16. The van der Waals surface area contributed by atoms with E-state index in [1.165, 1.54) is 16.9 Å². The molecule has 3 N–H and O–H groups in total. The molecule has 2 heterocycles. The van der Waals surface area contributed by atoms with Gasteiger partial charge in [-0.25, -0.2) is 0 Å². The fraction of sp³-hybridized carbons (Fsp3) is 0.692. The van der Waals surface area contributed by atoms with Crippen molar-refractivity contribution in [2.45, 2.75) is 32.4 Å². The molecule has 0 aliphatic carbocycles. The Bertz CT molecular complexity index is 367. The first-order valence-electron chi connectivity index (χ1n) is 6.59. The lowest BCUT2D eigenvalue weighted by Gasteiger charge is -2.36. The molecule has 0 aromatic carbocycles. The molecule has 2 unspecified atom stereocenters. The Morgan fingerprint density at radius 1 is 1.67 bits per heavy atom. The molecule has 0 spiro atoms. The van der Waals surface area contributed by atoms with Gasteiger partial charge in [0.05, 0.1) is 18.8 Å². The third kappa shape index (κ3) is 3.30. The summed E-state index contributed by atoms with van der Waals surface area (Å²) in [7, 11) is 0. The van der Waals surface area contributed by atoms with Crippen molar-refractivity contribution >= 4 is 11.3 Å². The number of hydrazine groups is 1. The predicted octanol–water partition coefficient (Wildman–Crippen LogP) is 1.67. The van der Waals surface area contributed by atoms with E-state index in [1.807, 2.05) is 0 Å². The zero-order valence-corrected chi connectivity index (χ0v) is 12.0. The van der Waals surface area contributed by atoms with E-state index in [0.29, 0.717) is 0 Å². The molecule has 0 radical (unpaired) electrons. The Hall–Kier alpha value is -0.460. The van der Waals surface area contributed by atoms with Crippen LogP contribution >= 0.6 is 11.3 Å². The highest BCUT2D eigenvalue weighted by Gasteiger charge is 2.28. The van der Waals surface area contributed by atoms with Crippen molar-refractivity contribution in [1.82, 2.24) is 10.3 Å². The minimum Gasteiger partial charge on any atom is -0.374 e. The van der Waals surface area contributed by atoms with Crippen molar-refractivity contribution in [3.05, 3.63) is 21.9 Å². The van der Waals surface area contributed by atoms with Crippen LogP contribution in [-0.2, 0) is 4.74 Å². The standard InChI is InChI=1S/C13H23N3OS/c1-3-4-16-5-6-17-12(8-16)13(15-14)11-7-10(2)18-9-11/h7,9,12-13,15H,3-6,8,14H2,1-2H3. The fourth-order valence-electron chi connectivity index (χ4n) is 2.50. The highest BCUT2D eigenvalue weighted by molar-refractivity contribution is 7.10. The van der Waals surface area contributed by atoms with Crippen LogP contribution in [0, 0.1) is 6.92 Å². The number of nitrogens with one attached hydrogen (secondary N) is 1. The maximum absolute atomic E-state index is 5.89. The molecule has 2 rings (SSSR count). The first-order chi connectivity index (χ1) is 8.74. The van der Waals surface area contributed by atoms with Gasteiger partial charge in [0.2, 0.25) is 0 Å². The number of rotatable bonds is 5. The Balaban J connectivity index is 2.03. The molecule has 0 saturated carbocycles. The van der Waals surface area contributed by atoms with Crippen LogP contribution in [0.4, 0.5) is 0 Å². The first kappa shape index (κ1) is 14.0. The summed E-state index contributed by atoms with van der Waals surface area (Å²) >= 11 is 1.76. The number of thiophene rings is 1. The van der Waals surface area contributed by atoms with Gasteiger partial charge in [0.1, 0.15) is 0 Å². The van der Waals surface area contributed by atoms with Crippen molar-refractivity contribution in [2.75, 3.05) is 26.2 Å². The number of morpholine rings is 1. The third-order valence-electron chi connectivity index (χ3n) is 3.38. The average Bonchev–Trinajstić information content (AvgIpc) is 2.78. The van der Waals surface area contributed by atoms with Gasteiger partial charge in [0.25, 0.3) is 0 Å². The molecule has 1 aromatic heterocycles. The molecule has 4 nitrogen and oxygen atoms in total. The van der Waals surface area contributed by atoms with Gasteiger partial charge in [0.15, 0.2) is 0 Å². The van der Waals surface area contributed by atoms with Gasteiger partial charge in [-0.05, 0) is 36.9 Å². The summed E-state index contributed by atoms with van der Waals surface area (Å²) in [6.45, 7) is 8.26. The molecule has 0 bridgehead atoms. The van der Waals surface area contributed by atoms with Crippen LogP contribution in [-0.4, -0.2) is 37.2 Å². The SMILES string of the molecule is CCCN1CCOC(C(NN)c2csc(C)c2)C1. The number of hydrogen-bond donors (Lipinski definition) is 2. The molecule has 102 valence electrons. The average molecular weight is 269 g/mol. The van der Waals surface area contributed by atoms with Crippen LogP contribution in [0.3, 0.4) is 0 Å². The number of hydrogen-bond acceptors (Lipinski definition) is 5. The number of nitrogens with two attached hydrogens (primary N) is 1. The molecule has 1 fully saturated rings. The lowest BCUT2D eigenvalue weighted by molar-refractivity contribution is -0.0470. The molecule has 1 saturated heterocycles. The van der Waals surface area contributed by atoms with E-state index in [4.69, 9.17) is 10.6 Å². The first-order valence-corrected chi connectivity index (χ1v) is 7.47. The van der Waals surface area contributed by atoms with Gasteiger partial charge in [-0.1, -0.05) is 6.92 Å². The van der Waals surface area contributed by atoms with Crippen LogP contribution in [0.5, 0.6) is 0 Å². The monoisotopic (exact) mass is 269 g/mol. The Morgan fingerprint density at radius 3 is 3.11 bits per heavy atom. The predicted molar refractivity (Wildman–Crippen MR) is 75.6 cm³/mol. The number of aryl methyl sites for hydroxylation is 1. The van der Waals surface area contributed by atoms with Crippen LogP contribution in [0.25, 0.3) is 0 Å². The molecule has 0 amide bonds. The van der Waals surface area contributed by atoms with Gasteiger partial charge >= 0.3 is 0 Å². The zero-order chi connectivity index (χ0) is 13.0. The molecule has 1 aromatic rings. The van der Waals surface area contributed by atoms with Gasteiger partial charge in [-0.15, -0.1) is 11.3 Å². The summed E-state index contributed by atoms with van der Waals surface area (Å²) in [6, 6.07) is 2.28. The van der Waals surface area contributed by atoms with E-state index in [0.717, 1.165) is 26.2 Å². The normalized spacial score (nSPS) is 23.2. The quantitative estimate of drug-likeness (QED) is 0.631. The van der Waals surface area contributed by atoms with Gasteiger partial charge in [-0.2, -0.15) is 0 Å².